The molecule has 2 aromatic heterocycles. The molecule has 0 bridgehead atoms. The maximum Gasteiger partial charge on any atom is 0.260 e. The molecule has 0 fully saturated rings. The van der Waals surface area contributed by atoms with Crippen LogP contribution in [0.1, 0.15) is 0 Å². The summed E-state index contributed by atoms with van der Waals surface area (Å²) in [5.41, 5.74) is 0.394. The maximum absolute atomic E-state index is 11.9. The number of H-pyrrole nitrogens is 1. The van der Waals surface area contributed by atoms with E-state index in [9.17, 15) is 4.79 Å². The minimum absolute atomic E-state index is 0.213. The van der Waals surface area contributed by atoms with Crippen molar-refractivity contribution < 1.29 is 0 Å². The Morgan fingerprint density at radius 1 is 1.11 bits per heavy atom. The van der Waals surface area contributed by atoms with Crippen LogP contribution in [0.2, 0.25) is 5.15 Å². The average molecular weight is 274 g/mol. The van der Waals surface area contributed by atoms with Crippen LogP contribution < -0.4 is 10.9 Å². The van der Waals surface area contributed by atoms with E-state index in [1.807, 2.05) is 6.07 Å². The lowest BCUT2D eigenvalue weighted by atomic mass is 10.2. The van der Waals surface area contributed by atoms with Crippen LogP contribution in [0, 0.1) is 0 Å². The Hall–Kier alpha value is -2.47. The van der Waals surface area contributed by atoms with Crippen molar-refractivity contribution in [1.29, 1.82) is 0 Å². The fraction of sp³-hybridized carbons (Fsp3) is 0. The van der Waals surface area contributed by atoms with Crippen molar-refractivity contribution in [1.82, 2.24) is 20.2 Å². The second-order valence-electron chi connectivity index (χ2n) is 3.80. The third kappa shape index (κ3) is 2.38. The Morgan fingerprint density at radius 2 is 1.95 bits per heavy atom. The van der Waals surface area contributed by atoms with Crippen LogP contribution in [-0.4, -0.2) is 20.2 Å². The molecule has 0 amide bonds. The van der Waals surface area contributed by atoms with Gasteiger partial charge in [0.2, 0.25) is 5.95 Å². The molecule has 0 saturated carbocycles. The first kappa shape index (κ1) is 11.6. The highest BCUT2D eigenvalue weighted by atomic mass is 35.5. The van der Waals surface area contributed by atoms with Gasteiger partial charge in [0.25, 0.3) is 5.56 Å². The lowest BCUT2D eigenvalue weighted by Crippen LogP contribution is -2.11. The Labute approximate surface area is 112 Å². The lowest BCUT2D eigenvalue weighted by molar-refractivity contribution is 1.03. The summed E-state index contributed by atoms with van der Waals surface area (Å²) in [6.07, 6.45) is 0. The van der Waals surface area contributed by atoms with Crippen molar-refractivity contribution >= 4 is 34.3 Å². The number of benzene rings is 1. The SMILES string of the molecule is O=c1[nH]c(Nc2ccc(Cl)nn2)nc2ccccc12. The zero-order valence-electron chi connectivity index (χ0n) is 9.59. The summed E-state index contributed by atoms with van der Waals surface area (Å²) in [5.74, 6) is 0.753. The molecule has 1 aromatic carbocycles. The van der Waals surface area contributed by atoms with Gasteiger partial charge >= 0.3 is 0 Å². The van der Waals surface area contributed by atoms with Gasteiger partial charge in [0.15, 0.2) is 11.0 Å². The minimum atomic E-state index is -0.213. The molecule has 0 spiro atoms. The molecular formula is C12H8ClN5O. The molecule has 94 valence electrons. The van der Waals surface area contributed by atoms with Crippen molar-refractivity contribution in [2.45, 2.75) is 0 Å². The first-order valence-electron chi connectivity index (χ1n) is 5.48. The van der Waals surface area contributed by atoms with Crippen LogP contribution >= 0.6 is 11.6 Å². The fourth-order valence-corrected chi connectivity index (χ4v) is 1.75. The number of aromatic nitrogens is 4. The predicted molar refractivity (Wildman–Crippen MR) is 72.7 cm³/mol. The molecular weight excluding hydrogens is 266 g/mol. The summed E-state index contributed by atoms with van der Waals surface area (Å²) in [6.45, 7) is 0. The van der Waals surface area contributed by atoms with E-state index in [0.717, 1.165) is 0 Å². The molecule has 3 rings (SSSR count). The van der Waals surface area contributed by atoms with Gasteiger partial charge in [0.1, 0.15) is 0 Å². The summed E-state index contributed by atoms with van der Waals surface area (Å²) < 4.78 is 0. The van der Waals surface area contributed by atoms with E-state index in [-0.39, 0.29) is 5.56 Å². The topological polar surface area (TPSA) is 83.6 Å². The number of hydrogen-bond donors (Lipinski definition) is 2. The Morgan fingerprint density at radius 3 is 2.74 bits per heavy atom. The Kier molecular flexibility index (Phi) is 2.85. The zero-order valence-corrected chi connectivity index (χ0v) is 10.3. The van der Waals surface area contributed by atoms with E-state index in [1.165, 1.54) is 0 Å². The van der Waals surface area contributed by atoms with E-state index in [0.29, 0.717) is 27.8 Å². The van der Waals surface area contributed by atoms with E-state index >= 15 is 0 Å². The third-order valence-electron chi connectivity index (χ3n) is 2.49. The van der Waals surface area contributed by atoms with Crippen LogP contribution in [0.15, 0.2) is 41.2 Å². The van der Waals surface area contributed by atoms with Gasteiger partial charge in [0, 0.05) is 0 Å². The highest BCUT2D eigenvalue weighted by molar-refractivity contribution is 6.29. The number of hydrogen-bond acceptors (Lipinski definition) is 5. The van der Waals surface area contributed by atoms with Gasteiger partial charge in [-0.05, 0) is 24.3 Å². The van der Waals surface area contributed by atoms with E-state index in [1.54, 1.807) is 30.3 Å². The van der Waals surface area contributed by atoms with Crippen LogP contribution in [0.4, 0.5) is 11.8 Å². The summed E-state index contributed by atoms with van der Waals surface area (Å²) in [5, 5.41) is 11.2. The normalized spacial score (nSPS) is 10.6. The molecule has 3 aromatic rings. The summed E-state index contributed by atoms with van der Waals surface area (Å²) >= 11 is 5.64. The van der Waals surface area contributed by atoms with Gasteiger partial charge in [-0.15, -0.1) is 10.2 Å². The van der Waals surface area contributed by atoms with Gasteiger partial charge < -0.3 is 5.32 Å². The molecule has 2 heterocycles. The molecule has 0 aliphatic carbocycles. The predicted octanol–water partition coefficient (Wildman–Crippen LogP) is 2.11. The second kappa shape index (κ2) is 4.66. The largest absolute Gasteiger partial charge is 0.309 e. The van der Waals surface area contributed by atoms with Gasteiger partial charge in [-0.2, -0.15) is 0 Å². The second-order valence-corrected chi connectivity index (χ2v) is 4.19. The van der Waals surface area contributed by atoms with Gasteiger partial charge in [-0.25, -0.2) is 4.98 Å². The third-order valence-corrected chi connectivity index (χ3v) is 2.69. The number of aromatic amines is 1. The maximum atomic E-state index is 11.9. The monoisotopic (exact) mass is 273 g/mol. The minimum Gasteiger partial charge on any atom is -0.309 e. The number of nitrogens with one attached hydrogen (secondary N) is 2. The van der Waals surface area contributed by atoms with Gasteiger partial charge in [0.05, 0.1) is 10.9 Å². The van der Waals surface area contributed by atoms with Crippen molar-refractivity contribution in [2.75, 3.05) is 5.32 Å². The first-order valence-corrected chi connectivity index (χ1v) is 5.85. The fourth-order valence-electron chi connectivity index (χ4n) is 1.65. The summed E-state index contributed by atoms with van der Waals surface area (Å²) in [6, 6.07) is 10.3. The molecule has 6 nitrogen and oxygen atoms in total. The number of anilines is 2. The molecule has 0 unspecified atom stereocenters. The van der Waals surface area contributed by atoms with Gasteiger partial charge in [-0.3, -0.25) is 9.78 Å². The van der Waals surface area contributed by atoms with Crippen LogP contribution in [-0.2, 0) is 0 Å². The molecule has 7 heteroatoms. The Balaban J connectivity index is 2.01. The van der Waals surface area contributed by atoms with Crippen molar-refractivity contribution in [3.8, 4) is 0 Å². The summed E-state index contributed by atoms with van der Waals surface area (Å²) in [4.78, 5) is 18.8. The standard InChI is InChI=1S/C12H8ClN5O/c13-9-5-6-10(18-17-9)15-12-14-8-4-2-1-3-7(8)11(19)16-12/h1-6H,(H2,14,15,16,18,19). The van der Waals surface area contributed by atoms with E-state index < -0.39 is 0 Å². The lowest BCUT2D eigenvalue weighted by Gasteiger charge is -2.04. The Bertz CT molecular complexity index is 784. The molecule has 0 radical (unpaired) electrons. The molecule has 0 aliphatic heterocycles. The number of fused-ring (bicyclic) bond motifs is 1. The molecule has 0 saturated heterocycles. The molecule has 2 N–H and O–H groups in total. The van der Waals surface area contributed by atoms with E-state index in [4.69, 9.17) is 11.6 Å². The number of para-hydroxylation sites is 1. The number of halogens is 1. The molecule has 0 atom stereocenters. The first-order chi connectivity index (χ1) is 9.22. The van der Waals surface area contributed by atoms with Crippen LogP contribution in [0.3, 0.4) is 0 Å². The van der Waals surface area contributed by atoms with Crippen molar-refractivity contribution in [3.63, 3.8) is 0 Å². The average Bonchev–Trinajstić information content (AvgIpc) is 2.42. The highest BCUT2D eigenvalue weighted by Gasteiger charge is 2.04. The van der Waals surface area contributed by atoms with Crippen LogP contribution in [0.5, 0.6) is 0 Å². The quantitative estimate of drug-likeness (QED) is 0.747. The number of nitrogens with zero attached hydrogens (tertiary/aromatic N) is 3. The number of rotatable bonds is 2. The van der Waals surface area contributed by atoms with Crippen LogP contribution in [0.25, 0.3) is 10.9 Å². The smallest absolute Gasteiger partial charge is 0.260 e. The molecule has 0 aliphatic rings. The van der Waals surface area contributed by atoms with Crippen molar-refractivity contribution in [2.24, 2.45) is 0 Å². The summed E-state index contributed by atoms with van der Waals surface area (Å²) in [7, 11) is 0. The van der Waals surface area contributed by atoms with Crippen molar-refractivity contribution in [3.05, 3.63) is 51.9 Å². The molecule has 19 heavy (non-hydrogen) atoms. The van der Waals surface area contributed by atoms with E-state index in [2.05, 4.69) is 25.5 Å². The zero-order chi connectivity index (χ0) is 13.2. The van der Waals surface area contributed by atoms with Gasteiger partial charge in [-0.1, -0.05) is 23.7 Å². The highest BCUT2D eigenvalue weighted by Crippen LogP contribution is 2.12.